The lowest BCUT2D eigenvalue weighted by molar-refractivity contribution is -0.384. The molecule has 1 aromatic rings. The molecule has 0 aliphatic carbocycles. The number of benzene rings is 1. The van der Waals surface area contributed by atoms with Crippen LogP contribution in [0.2, 0.25) is 5.02 Å². The van der Waals surface area contributed by atoms with E-state index in [4.69, 9.17) is 21.4 Å². The quantitative estimate of drug-likeness (QED) is 0.601. The van der Waals surface area contributed by atoms with E-state index in [0.717, 1.165) is 17.0 Å². The molecule has 1 amide bonds. The fourth-order valence-corrected chi connectivity index (χ4v) is 1.83. The molecule has 0 saturated carbocycles. The maximum atomic E-state index is 12.2. The van der Waals surface area contributed by atoms with Gasteiger partial charge in [-0.2, -0.15) is 0 Å². The Hall–Kier alpha value is -2.19. The number of nitro benzene ring substituents is 1. The van der Waals surface area contributed by atoms with Gasteiger partial charge in [0.2, 0.25) is 0 Å². The predicted octanol–water partition coefficient (Wildman–Crippen LogP) is 1.42. The number of rotatable bonds is 7. The number of halogens is 1. The van der Waals surface area contributed by atoms with Crippen LogP contribution in [0.15, 0.2) is 18.2 Å². The standard InChI is InChI=1S/C12H13ClN2O6/c1-21-5-4-14(7-11(16)17)12(18)9-3-2-8(15(19)20)6-10(9)13/h2-3,6H,4-5,7H2,1H3,(H,16,17). The average Bonchev–Trinajstić information content (AvgIpc) is 2.42. The van der Waals surface area contributed by atoms with Gasteiger partial charge in [-0.1, -0.05) is 11.6 Å². The summed E-state index contributed by atoms with van der Waals surface area (Å²) in [5.41, 5.74) is -0.252. The molecule has 0 radical (unpaired) electrons. The van der Waals surface area contributed by atoms with Crippen LogP contribution >= 0.6 is 11.6 Å². The van der Waals surface area contributed by atoms with Crippen molar-refractivity contribution >= 4 is 29.2 Å². The van der Waals surface area contributed by atoms with E-state index in [0.29, 0.717) is 0 Å². The number of nitrogens with zero attached hydrogens (tertiary/aromatic N) is 2. The Kier molecular flexibility index (Phi) is 6.07. The minimum absolute atomic E-state index is 0.000352. The first kappa shape index (κ1) is 16.9. The minimum Gasteiger partial charge on any atom is -0.480 e. The van der Waals surface area contributed by atoms with Gasteiger partial charge in [0.1, 0.15) is 6.54 Å². The Morgan fingerprint density at radius 3 is 2.62 bits per heavy atom. The van der Waals surface area contributed by atoms with E-state index in [1.54, 1.807) is 0 Å². The number of methoxy groups -OCH3 is 1. The zero-order valence-corrected chi connectivity index (χ0v) is 11.9. The smallest absolute Gasteiger partial charge is 0.323 e. The number of ether oxygens (including phenoxy) is 1. The molecule has 0 atom stereocenters. The molecule has 1 rings (SSSR count). The Bertz CT molecular complexity index is 563. The summed E-state index contributed by atoms with van der Waals surface area (Å²) in [5, 5.41) is 19.3. The van der Waals surface area contributed by atoms with E-state index in [-0.39, 0.29) is 29.4 Å². The lowest BCUT2D eigenvalue weighted by atomic mass is 10.1. The molecule has 0 heterocycles. The van der Waals surface area contributed by atoms with E-state index in [2.05, 4.69) is 0 Å². The molecule has 0 fully saturated rings. The summed E-state index contributed by atoms with van der Waals surface area (Å²) in [6.45, 7) is -0.298. The van der Waals surface area contributed by atoms with Crippen LogP contribution in [-0.2, 0) is 9.53 Å². The SMILES string of the molecule is COCCN(CC(=O)O)C(=O)c1ccc([N+](=O)[O-])cc1Cl. The van der Waals surface area contributed by atoms with Crippen molar-refractivity contribution in [1.82, 2.24) is 4.90 Å². The average molecular weight is 317 g/mol. The molecule has 0 aliphatic heterocycles. The number of hydrogen-bond acceptors (Lipinski definition) is 5. The number of carboxylic acid groups (broad SMARTS) is 1. The molecule has 1 aromatic carbocycles. The van der Waals surface area contributed by atoms with Crippen LogP contribution in [0.3, 0.4) is 0 Å². The lowest BCUT2D eigenvalue weighted by Gasteiger charge is -2.20. The molecule has 9 heteroatoms. The highest BCUT2D eigenvalue weighted by molar-refractivity contribution is 6.34. The highest BCUT2D eigenvalue weighted by atomic mass is 35.5. The van der Waals surface area contributed by atoms with E-state index in [1.807, 2.05) is 0 Å². The molecule has 114 valence electrons. The Morgan fingerprint density at radius 2 is 2.14 bits per heavy atom. The largest absolute Gasteiger partial charge is 0.480 e. The van der Waals surface area contributed by atoms with Gasteiger partial charge in [-0.05, 0) is 6.07 Å². The summed E-state index contributed by atoms with van der Waals surface area (Å²) in [6.07, 6.45) is 0. The van der Waals surface area contributed by atoms with Crippen LogP contribution < -0.4 is 0 Å². The summed E-state index contributed by atoms with van der Waals surface area (Å²) < 4.78 is 4.81. The van der Waals surface area contributed by atoms with E-state index in [9.17, 15) is 19.7 Å². The van der Waals surface area contributed by atoms with Crippen molar-refractivity contribution in [3.8, 4) is 0 Å². The van der Waals surface area contributed by atoms with Gasteiger partial charge in [0.25, 0.3) is 11.6 Å². The summed E-state index contributed by atoms with van der Waals surface area (Å²) in [6, 6.07) is 3.38. The first-order chi connectivity index (χ1) is 9.86. The van der Waals surface area contributed by atoms with Crippen LogP contribution in [-0.4, -0.2) is 53.6 Å². The third kappa shape index (κ3) is 4.69. The summed E-state index contributed by atoms with van der Waals surface area (Å²) in [5.74, 6) is -1.81. The molecule has 0 spiro atoms. The van der Waals surface area contributed by atoms with E-state index < -0.39 is 23.3 Å². The minimum atomic E-state index is -1.18. The number of amides is 1. The third-order valence-electron chi connectivity index (χ3n) is 2.57. The maximum Gasteiger partial charge on any atom is 0.323 e. The Morgan fingerprint density at radius 1 is 1.48 bits per heavy atom. The molecule has 21 heavy (non-hydrogen) atoms. The monoisotopic (exact) mass is 316 g/mol. The summed E-state index contributed by atoms with van der Waals surface area (Å²) in [7, 11) is 1.42. The topological polar surface area (TPSA) is 110 Å². The number of aliphatic carboxylic acids is 1. The second-order valence-corrected chi connectivity index (χ2v) is 4.44. The zero-order chi connectivity index (χ0) is 16.0. The number of hydrogen-bond donors (Lipinski definition) is 1. The molecule has 8 nitrogen and oxygen atoms in total. The molecular weight excluding hydrogens is 304 g/mol. The first-order valence-corrected chi connectivity index (χ1v) is 6.18. The molecular formula is C12H13ClN2O6. The zero-order valence-electron chi connectivity index (χ0n) is 11.1. The number of carbonyl (C=O) groups excluding carboxylic acids is 1. The van der Waals surface area contributed by atoms with Gasteiger partial charge in [-0.25, -0.2) is 0 Å². The summed E-state index contributed by atoms with van der Waals surface area (Å²) in [4.78, 5) is 34.0. The van der Waals surface area contributed by atoms with Crippen LogP contribution in [0, 0.1) is 10.1 Å². The van der Waals surface area contributed by atoms with Gasteiger partial charge in [-0.3, -0.25) is 19.7 Å². The predicted molar refractivity (Wildman–Crippen MR) is 73.5 cm³/mol. The van der Waals surface area contributed by atoms with Crippen molar-refractivity contribution in [2.75, 3.05) is 26.8 Å². The van der Waals surface area contributed by atoms with Gasteiger partial charge in [0.05, 0.1) is 22.1 Å². The second-order valence-electron chi connectivity index (χ2n) is 4.03. The lowest BCUT2D eigenvalue weighted by Crippen LogP contribution is -2.38. The fraction of sp³-hybridized carbons (Fsp3) is 0.333. The molecule has 0 aromatic heterocycles. The van der Waals surface area contributed by atoms with Crippen LogP contribution in [0.1, 0.15) is 10.4 Å². The van der Waals surface area contributed by atoms with Gasteiger partial charge in [0, 0.05) is 25.8 Å². The normalized spacial score (nSPS) is 10.2. The number of non-ortho nitro benzene ring substituents is 1. The number of nitro groups is 1. The van der Waals surface area contributed by atoms with Gasteiger partial charge >= 0.3 is 5.97 Å². The molecule has 1 N–H and O–H groups in total. The molecule has 0 saturated heterocycles. The van der Waals surface area contributed by atoms with E-state index in [1.165, 1.54) is 13.2 Å². The van der Waals surface area contributed by atoms with Gasteiger partial charge < -0.3 is 14.7 Å². The van der Waals surface area contributed by atoms with Gasteiger partial charge in [-0.15, -0.1) is 0 Å². The van der Waals surface area contributed by atoms with Crippen LogP contribution in [0.25, 0.3) is 0 Å². The maximum absolute atomic E-state index is 12.2. The Labute approximate surface area is 125 Å². The van der Waals surface area contributed by atoms with Crippen molar-refractivity contribution in [2.45, 2.75) is 0 Å². The third-order valence-corrected chi connectivity index (χ3v) is 2.89. The molecule has 0 unspecified atom stereocenters. The second kappa shape index (κ2) is 7.55. The fourth-order valence-electron chi connectivity index (χ4n) is 1.58. The van der Waals surface area contributed by atoms with Crippen LogP contribution in [0.5, 0.6) is 0 Å². The van der Waals surface area contributed by atoms with Crippen molar-refractivity contribution in [1.29, 1.82) is 0 Å². The van der Waals surface area contributed by atoms with Crippen molar-refractivity contribution < 1.29 is 24.4 Å². The summed E-state index contributed by atoms with van der Waals surface area (Å²) >= 11 is 5.85. The molecule has 0 bridgehead atoms. The van der Waals surface area contributed by atoms with Crippen molar-refractivity contribution in [2.24, 2.45) is 0 Å². The highest BCUT2D eigenvalue weighted by Gasteiger charge is 2.22. The number of carboxylic acids is 1. The van der Waals surface area contributed by atoms with Crippen molar-refractivity contribution in [3.05, 3.63) is 38.9 Å². The number of carbonyl (C=O) groups is 2. The first-order valence-electron chi connectivity index (χ1n) is 5.80. The van der Waals surface area contributed by atoms with Crippen molar-refractivity contribution in [3.63, 3.8) is 0 Å². The molecule has 0 aliphatic rings. The van der Waals surface area contributed by atoms with Gasteiger partial charge in [0.15, 0.2) is 0 Å². The Balaban J connectivity index is 3.02. The van der Waals surface area contributed by atoms with Crippen LogP contribution in [0.4, 0.5) is 5.69 Å². The van der Waals surface area contributed by atoms with E-state index >= 15 is 0 Å². The highest BCUT2D eigenvalue weighted by Crippen LogP contribution is 2.23.